The van der Waals surface area contributed by atoms with Crippen LogP contribution in [0.4, 0.5) is 0 Å². The van der Waals surface area contributed by atoms with Crippen LogP contribution in [0.1, 0.15) is 40.5 Å². The van der Waals surface area contributed by atoms with Crippen LogP contribution in [0.3, 0.4) is 0 Å². The first-order chi connectivity index (χ1) is 5.61. The Morgan fingerprint density at radius 3 is 2.50 bits per heavy atom. The highest BCUT2D eigenvalue weighted by Crippen LogP contribution is 2.29. The predicted molar refractivity (Wildman–Crippen MR) is 54.2 cm³/mol. The maximum absolute atomic E-state index is 3.56. The highest BCUT2D eigenvalue weighted by molar-refractivity contribution is 4.78. The van der Waals surface area contributed by atoms with Crippen LogP contribution in [0.25, 0.3) is 0 Å². The summed E-state index contributed by atoms with van der Waals surface area (Å²) in [6, 6.07) is 0.726. The van der Waals surface area contributed by atoms with Gasteiger partial charge in [0.05, 0.1) is 0 Å². The molecular formula is C11H23N. The van der Waals surface area contributed by atoms with Gasteiger partial charge in [-0.25, -0.2) is 0 Å². The summed E-state index contributed by atoms with van der Waals surface area (Å²) < 4.78 is 0. The molecule has 0 amide bonds. The molecule has 1 rings (SSSR count). The van der Waals surface area contributed by atoms with Crippen LogP contribution in [0, 0.1) is 17.8 Å². The van der Waals surface area contributed by atoms with Crippen molar-refractivity contribution in [3.05, 3.63) is 0 Å². The van der Waals surface area contributed by atoms with Gasteiger partial charge in [-0.05, 0) is 44.1 Å². The fourth-order valence-corrected chi connectivity index (χ4v) is 2.59. The molecule has 1 N–H and O–H groups in total. The van der Waals surface area contributed by atoms with Gasteiger partial charge < -0.3 is 5.32 Å². The first-order valence-corrected chi connectivity index (χ1v) is 5.34. The molecule has 3 atom stereocenters. The minimum atomic E-state index is 0.726. The van der Waals surface area contributed by atoms with Crippen molar-refractivity contribution in [3.8, 4) is 0 Å². The SMILES string of the molecule is CC1CC(C)C(C(C)C)CCN1. The fourth-order valence-electron chi connectivity index (χ4n) is 2.59. The minimum Gasteiger partial charge on any atom is -0.314 e. The third-order valence-corrected chi connectivity index (χ3v) is 3.28. The van der Waals surface area contributed by atoms with Crippen LogP contribution in [0.2, 0.25) is 0 Å². The van der Waals surface area contributed by atoms with Crippen molar-refractivity contribution in [3.63, 3.8) is 0 Å². The lowest BCUT2D eigenvalue weighted by Gasteiger charge is -2.25. The summed E-state index contributed by atoms with van der Waals surface area (Å²) in [4.78, 5) is 0. The zero-order chi connectivity index (χ0) is 9.14. The lowest BCUT2D eigenvalue weighted by Crippen LogP contribution is -2.25. The van der Waals surface area contributed by atoms with E-state index in [1.807, 2.05) is 0 Å². The second-order valence-electron chi connectivity index (χ2n) is 4.76. The van der Waals surface area contributed by atoms with Gasteiger partial charge in [0.15, 0.2) is 0 Å². The smallest absolute Gasteiger partial charge is 0.00413 e. The lowest BCUT2D eigenvalue weighted by molar-refractivity contribution is 0.256. The average molecular weight is 169 g/mol. The van der Waals surface area contributed by atoms with Gasteiger partial charge in [-0.3, -0.25) is 0 Å². The van der Waals surface area contributed by atoms with Gasteiger partial charge in [0.1, 0.15) is 0 Å². The van der Waals surface area contributed by atoms with Crippen LogP contribution >= 0.6 is 0 Å². The quantitative estimate of drug-likeness (QED) is 0.636. The van der Waals surface area contributed by atoms with Crippen molar-refractivity contribution in [2.45, 2.75) is 46.6 Å². The molecule has 1 nitrogen and oxygen atoms in total. The molecule has 1 aliphatic heterocycles. The van der Waals surface area contributed by atoms with Crippen molar-refractivity contribution in [2.75, 3.05) is 6.54 Å². The Morgan fingerprint density at radius 1 is 1.25 bits per heavy atom. The number of rotatable bonds is 1. The van der Waals surface area contributed by atoms with Gasteiger partial charge in [0, 0.05) is 6.04 Å². The van der Waals surface area contributed by atoms with Gasteiger partial charge in [-0.1, -0.05) is 20.8 Å². The highest BCUT2D eigenvalue weighted by Gasteiger charge is 2.24. The van der Waals surface area contributed by atoms with Crippen molar-refractivity contribution in [1.82, 2.24) is 5.32 Å². The molecule has 0 saturated carbocycles. The zero-order valence-electron chi connectivity index (χ0n) is 8.93. The normalized spacial score (nSPS) is 38.2. The van der Waals surface area contributed by atoms with Crippen molar-refractivity contribution in [1.29, 1.82) is 0 Å². The van der Waals surface area contributed by atoms with E-state index in [9.17, 15) is 0 Å². The summed E-state index contributed by atoms with van der Waals surface area (Å²) in [5.41, 5.74) is 0. The third kappa shape index (κ3) is 2.48. The molecule has 3 unspecified atom stereocenters. The summed E-state index contributed by atoms with van der Waals surface area (Å²) in [7, 11) is 0. The van der Waals surface area contributed by atoms with Gasteiger partial charge >= 0.3 is 0 Å². The van der Waals surface area contributed by atoms with E-state index >= 15 is 0 Å². The Labute approximate surface area is 76.9 Å². The summed E-state index contributed by atoms with van der Waals surface area (Å²) in [5.74, 6) is 2.68. The lowest BCUT2D eigenvalue weighted by atomic mass is 9.80. The Hall–Kier alpha value is -0.0400. The van der Waals surface area contributed by atoms with Crippen LogP contribution in [-0.4, -0.2) is 12.6 Å². The Morgan fingerprint density at radius 2 is 1.92 bits per heavy atom. The largest absolute Gasteiger partial charge is 0.314 e. The van der Waals surface area contributed by atoms with E-state index in [4.69, 9.17) is 0 Å². The van der Waals surface area contributed by atoms with Crippen molar-refractivity contribution >= 4 is 0 Å². The summed E-state index contributed by atoms with van der Waals surface area (Å²) >= 11 is 0. The monoisotopic (exact) mass is 169 g/mol. The zero-order valence-corrected chi connectivity index (χ0v) is 8.93. The molecule has 0 aromatic heterocycles. The fraction of sp³-hybridized carbons (Fsp3) is 1.00. The molecule has 1 fully saturated rings. The molecule has 0 bridgehead atoms. The van der Waals surface area contributed by atoms with Gasteiger partial charge in [-0.2, -0.15) is 0 Å². The van der Waals surface area contributed by atoms with E-state index in [1.54, 1.807) is 0 Å². The highest BCUT2D eigenvalue weighted by atomic mass is 14.9. The van der Waals surface area contributed by atoms with Gasteiger partial charge in [0.2, 0.25) is 0 Å². The van der Waals surface area contributed by atoms with Gasteiger partial charge in [-0.15, -0.1) is 0 Å². The molecule has 0 aliphatic carbocycles. The van der Waals surface area contributed by atoms with E-state index in [0.717, 1.165) is 23.8 Å². The Bertz CT molecular complexity index is 131. The van der Waals surface area contributed by atoms with E-state index in [-0.39, 0.29) is 0 Å². The Balaban J connectivity index is 2.51. The molecule has 0 radical (unpaired) electrons. The molecule has 0 aromatic rings. The van der Waals surface area contributed by atoms with Crippen LogP contribution in [0.15, 0.2) is 0 Å². The predicted octanol–water partition coefficient (Wildman–Crippen LogP) is 2.67. The molecule has 12 heavy (non-hydrogen) atoms. The second-order valence-corrected chi connectivity index (χ2v) is 4.76. The van der Waals surface area contributed by atoms with E-state index < -0.39 is 0 Å². The molecule has 1 saturated heterocycles. The Kier molecular flexibility index (Phi) is 3.57. The average Bonchev–Trinajstić information content (AvgIpc) is 2.10. The minimum absolute atomic E-state index is 0.726. The van der Waals surface area contributed by atoms with E-state index in [0.29, 0.717) is 0 Å². The molecule has 1 heterocycles. The van der Waals surface area contributed by atoms with Gasteiger partial charge in [0.25, 0.3) is 0 Å². The van der Waals surface area contributed by atoms with Crippen LogP contribution in [0.5, 0.6) is 0 Å². The molecule has 0 aromatic carbocycles. The van der Waals surface area contributed by atoms with Crippen molar-refractivity contribution < 1.29 is 0 Å². The summed E-state index contributed by atoms with van der Waals surface area (Å²) in [5, 5.41) is 3.56. The number of hydrogen-bond donors (Lipinski definition) is 1. The maximum atomic E-state index is 3.56. The van der Waals surface area contributed by atoms with E-state index in [2.05, 4.69) is 33.0 Å². The summed E-state index contributed by atoms with van der Waals surface area (Å²) in [6.45, 7) is 10.6. The first-order valence-electron chi connectivity index (χ1n) is 5.34. The standard InChI is InChI=1S/C11H23N/c1-8(2)11-5-6-12-10(4)7-9(11)3/h8-12H,5-7H2,1-4H3. The number of nitrogens with one attached hydrogen (secondary N) is 1. The maximum Gasteiger partial charge on any atom is 0.00413 e. The molecule has 72 valence electrons. The topological polar surface area (TPSA) is 12.0 Å². The van der Waals surface area contributed by atoms with Crippen molar-refractivity contribution in [2.24, 2.45) is 17.8 Å². The first kappa shape index (κ1) is 10.0. The van der Waals surface area contributed by atoms with Crippen LogP contribution < -0.4 is 5.32 Å². The molecule has 1 aliphatic rings. The molecular weight excluding hydrogens is 146 g/mol. The third-order valence-electron chi connectivity index (χ3n) is 3.28. The second kappa shape index (κ2) is 4.27. The molecule has 0 spiro atoms. The summed E-state index contributed by atoms with van der Waals surface area (Å²) in [6.07, 6.45) is 2.71. The number of hydrogen-bond acceptors (Lipinski definition) is 1. The molecule has 1 heteroatoms. The van der Waals surface area contributed by atoms with Crippen LogP contribution in [-0.2, 0) is 0 Å². The van der Waals surface area contributed by atoms with E-state index in [1.165, 1.54) is 19.4 Å².